The first-order valence-corrected chi connectivity index (χ1v) is 24.2. The van der Waals surface area contributed by atoms with Crippen molar-refractivity contribution in [2.24, 2.45) is 0 Å². The molecular weight excluding hydrogens is 925 g/mol. The molecule has 0 N–H and O–H groups in total. The highest BCUT2D eigenvalue weighted by Gasteiger charge is 2.43. The summed E-state index contributed by atoms with van der Waals surface area (Å²) in [4.78, 5) is 0. The predicted octanol–water partition coefficient (Wildman–Crippen LogP) is 18.5. The second kappa shape index (κ2) is 15.8. The average molecular weight is 964 g/mol. The molecule has 3 heterocycles. The summed E-state index contributed by atoms with van der Waals surface area (Å²) in [5.74, 6) is 0. The van der Waals surface area contributed by atoms with Gasteiger partial charge in [0.15, 0.2) is 0 Å². The maximum Gasteiger partial charge on any atom is 0.417 e. The van der Waals surface area contributed by atoms with E-state index < -0.39 is 34.6 Å². The second-order valence-electron chi connectivity index (χ2n) is 18.9. The molecule has 0 radical (unpaired) electrons. The van der Waals surface area contributed by atoms with Crippen LogP contribution in [0.2, 0.25) is 0 Å². The number of alkyl halides is 6. The third-order valence-corrected chi connectivity index (χ3v) is 14.9. The molecule has 0 unspecified atom stereocenters. The Hall–Kier alpha value is -8.82. The molecule has 14 rings (SSSR count). The minimum atomic E-state index is -5.17. The second-order valence-corrected chi connectivity index (χ2v) is 18.9. The fraction of sp³-hybridized carbons (Fsp3) is 0.0625. The van der Waals surface area contributed by atoms with Crippen molar-refractivity contribution in [2.45, 2.75) is 25.2 Å². The Balaban J connectivity index is 1.22. The first kappa shape index (κ1) is 43.0. The van der Waals surface area contributed by atoms with Crippen LogP contribution in [0.5, 0.6) is 0 Å². The van der Waals surface area contributed by atoms with Gasteiger partial charge in [0.2, 0.25) is 0 Å². The van der Waals surface area contributed by atoms with Crippen molar-refractivity contribution in [3.05, 3.63) is 229 Å². The quantitative estimate of drug-likeness (QED) is 0.121. The van der Waals surface area contributed by atoms with Crippen molar-refractivity contribution in [1.82, 2.24) is 13.7 Å². The number of aromatic nitrogens is 3. The SMILES string of the molecule is FC(F)(F)c1cc(-c2cc3ccccc3c3ccccc23)cc(-n2c3c(c4ccccc42)C=CCC3)c1-c1c(-n2c3ccccc3c3ccccc32)cc(-n2c3ccccc3c3ccccc32)cc1C(F)(F)F. The molecule has 3 aromatic heterocycles. The maximum absolute atomic E-state index is 17.0. The highest BCUT2D eigenvalue weighted by atomic mass is 19.4. The van der Waals surface area contributed by atoms with Crippen LogP contribution in [0.3, 0.4) is 0 Å². The van der Waals surface area contributed by atoms with Crippen LogP contribution in [0.4, 0.5) is 26.3 Å². The third-order valence-electron chi connectivity index (χ3n) is 14.9. The van der Waals surface area contributed by atoms with E-state index in [0.29, 0.717) is 57.1 Å². The highest BCUT2D eigenvalue weighted by molar-refractivity contribution is 6.15. The number of allylic oxidation sites excluding steroid dienone is 1. The largest absolute Gasteiger partial charge is 0.417 e. The van der Waals surface area contributed by atoms with Gasteiger partial charge in [0.25, 0.3) is 0 Å². The van der Waals surface area contributed by atoms with Gasteiger partial charge in [0, 0.05) is 55.0 Å². The standard InChI is InChI=1S/C64H39F6N3/c65-63(66,67)51-34-39(50-33-38-17-1-2-18-41(38)42-19-3-4-20-43(42)50)35-59(72-55-29-13-7-23-46(55)47-24-8-14-30-56(47)72)61(51)62-52(64(68,69)70)36-40(71-53-27-11-5-21-44(53)45-22-6-12-28-54(45)71)37-60(62)73-57-31-15-9-25-48(57)49-26-10-16-32-58(49)73/h1-13,15-29,31-37H,14,30H2. The zero-order valence-electron chi connectivity index (χ0n) is 38.7. The van der Waals surface area contributed by atoms with Gasteiger partial charge in [-0.3, -0.25) is 0 Å². The Bertz CT molecular complexity index is 4380. The summed E-state index contributed by atoms with van der Waals surface area (Å²) in [6, 6.07) is 60.0. The lowest BCUT2D eigenvalue weighted by atomic mass is 9.86. The molecule has 0 amide bonds. The molecule has 1 aliphatic rings. The van der Waals surface area contributed by atoms with Crippen LogP contribution in [-0.2, 0) is 18.8 Å². The molecule has 10 aromatic carbocycles. The molecule has 13 aromatic rings. The minimum absolute atomic E-state index is 0.00746. The van der Waals surface area contributed by atoms with E-state index in [9.17, 15) is 0 Å². The smallest absolute Gasteiger partial charge is 0.312 e. The van der Waals surface area contributed by atoms with Gasteiger partial charge in [-0.2, -0.15) is 26.3 Å². The van der Waals surface area contributed by atoms with E-state index in [2.05, 4.69) is 0 Å². The summed E-state index contributed by atoms with van der Waals surface area (Å²) in [5, 5.41) is 7.23. The number of rotatable bonds is 5. The first-order chi connectivity index (χ1) is 35.5. The monoisotopic (exact) mass is 963 g/mol. The first-order valence-electron chi connectivity index (χ1n) is 24.2. The molecule has 73 heavy (non-hydrogen) atoms. The Morgan fingerprint density at radius 1 is 0.370 bits per heavy atom. The van der Waals surface area contributed by atoms with E-state index >= 15 is 26.3 Å². The van der Waals surface area contributed by atoms with E-state index in [1.165, 1.54) is 0 Å². The van der Waals surface area contributed by atoms with E-state index in [1.807, 2.05) is 181 Å². The summed E-state index contributed by atoms with van der Waals surface area (Å²) < 4.78 is 107. The fourth-order valence-corrected chi connectivity index (χ4v) is 12.0. The Morgan fingerprint density at radius 3 is 1.37 bits per heavy atom. The van der Waals surface area contributed by atoms with Gasteiger partial charge in [0.05, 0.1) is 50.1 Å². The van der Waals surface area contributed by atoms with Crippen LogP contribution < -0.4 is 0 Å². The van der Waals surface area contributed by atoms with Crippen LogP contribution in [0, 0.1) is 0 Å². The number of para-hydroxylation sites is 5. The van der Waals surface area contributed by atoms with Gasteiger partial charge in [-0.05, 0) is 106 Å². The lowest BCUT2D eigenvalue weighted by Crippen LogP contribution is -2.17. The molecule has 1 aliphatic carbocycles. The van der Waals surface area contributed by atoms with E-state index in [-0.39, 0.29) is 22.6 Å². The van der Waals surface area contributed by atoms with Crippen molar-refractivity contribution in [2.75, 3.05) is 0 Å². The number of halogens is 6. The molecule has 0 fully saturated rings. The van der Waals surface area contributed by atoms with E-state index in [1.54, 1.807) is 33.4 Å². The zero-order chi connectivity index (χ0) is 49.3. The molecule has 0 aliphatic heterocycles. The zero-order valence-corrected chi connectivity index (χ0v) is 38.7. The Morgan fingerprint density at radius 2 is 0.808 bits per heavy atom. The van der Waals surface area contributed by atoms with Gasteiger partial charge in [-0.1, -0.05) is 152 Å². The molecule has 0 bridgehead atoms. The van der Waals surface area contributed by atoms with Gasteiger partial charge in [0.1, 0.15) is 0 Å². The lowest BCUT2D eigenvalue weighted by Gasteiger charge is -2.28. The van der Waals surface area contributed by atoms with Gasteiger partial charge >= 0.3 is 12.4 Å². The van der Waals surface area contributed by atoms with Crippen LogP contribution in [-0.4, -0.2) is 13.7 Å². The van der Waals surface area contributed by atoms with Gasteiger partial charge < -0.3 is 13.7 Å². The molecule has 0 atom stereocenters. The van der Waals surface area contributed by atoms with Crippen LogP contribution in [0.25, 0.3) is 121 Å². The van der Waals surface area contributed by atoms with Gasteiger partial charge in [-0.25, -0.2) is 0 Å². The van der Waals surface area contributed by atoms with Crippen LogP contribution >= 0.6 is 0 Å². The van der Waals surface area contributed by atoms with Crippen molar-refractivity contribution < 1.29 is 26.3 Å². The van der Waals surface area contributed by atoms with Crippen molar-refractivity contribution in [3.63, 3.8) is 0 Å². The van der Waals surface area contributed by atoms with Crippen molar-refractivity contribution >= 4 is 82.1 Å². The molecular formula is C64H39F6N3. The molecule has 0 saturated heterocycles. The van der Waals surface area contributed by atoms with Gasteiger partial charge in [-0.15, -0.1) is 0 Å². The van der Waals surface area contributed by atoms with Crippen molar-refractivity contribution in [1.29, 1.82) is 0 Å². The number of fused-ring (bicyclic) bond motifs is 12. The Kier molecular flexibility index (Phi) is 9.33. The van der Waals surface area contributed by atoms with Crippen LogP contribution in [0.15, 0.2) is 206 Å². The average Bonchev–Trinajstić information content (AvgIpc) is 4.06. The van der Waals surface area contributed by atoms with Crippen molar-refractivity contribution in [3.8, 4) is 39.3 Å². The molecule has 9 heteroatoms. The number of benzene rings is 10. The summed E-state index contributed by atoms with van der Waals surface area (Å²) >= 11 is 0. The molecule has 0 spiro atoms. The summed E-state index contributed by atoms with van der Waals surface area (Å²) in [5.41, 5.74) is 1.80. The highest BCUT2D eigenvalue weighted by Crippen LogP contribution is 2.53. The molecule has 0 saturated carbocycles. The number of nitrogens with zero attached hydrogens (tertiary/aromatic N) is 3. The van der Waals surface area contributed by atoms with E-state index in [0.717, 1.165) is 60.8 Å². The Labute approximate surface area is 413 Å². The summed E-state index contributed by atoms with van der Waals surface area (Å²) in [7, 11) is 0. The van der Waals surface area contributed by atoms with E-state index in [4.69, 9.17) is 0 Å². The van der Waals surface area contributed by atoms with Crippen LogP contribution in [0.1, 0.15) is 28.8 Å². The summed E-state index contributed by atoms with van der Waals surface area (Å²) in [6.45, 7) is 0. The molecule has 3 nitrogen and oxygen atoms in total. The number of hydrogen-bond donors (Lipinski definition) is 0. The minimum Gasteiger partial charge on any atom is -0.312 e. The lowest BCUT2D eigenvalue weighted by molar-refractivity contribution is -0.139. The maximum atomic E-state index is 17.0. The summed E-state index contributed by atoms with van der Waals surface area (Å²) in [6.07, 6.45) is -5.28. The topological polar surface area (TPSA) is 14.8 Å². The third kappa shape index (κ3) is 6.47. The fourth-order valence-electron chi connectivity index (χ4n) is 12.0. The molecule has 352 valence electrons. The predicted molar refractivity (Wildman–Crippen MR) is 285 cm³/mol. The number of hydrogen-bond acceptors (Lipinski definition) is 0. The normalized spacial score (nSPS) is 13.2.